The first-order valence-corrected chi connectivity index (χ1v) is 5.86. The molecular formula is C13H15N5O. The van der Waals surface area contributed by atoms with E-state index in [0.29, 0.717) is 11.5 Å². The monoisotopic (exact) mass is 257 g/mol. The second kappa shape index (κ2) is 5.43. The summed E-state index contributed by atoms with van der Waals surface area (Å²) in [6, 6.07) is 5.35. The lowest BCUT2D eigenvalue weighted by atomic mass is 10.2. The maximum Gasteiger partial charge on any atom is 0.271 e. The number of aryl methyl sites for hydroxylation is 3. The van der Waals surface area contributed by atoms with Crippen molar-refractivity contribution >= 4 is 11.9 Å². The van der Waals surface area contributed by atoms with Gasteiger partial charge in [-0.05, 0) is 39.0 Å². The highest BCUT2D eigenvalue weighted by atomic mass is 16.2. The lowest BCUT2D eigenvalue weighted by molar-refractivity contribution is 0.0962. The molecule has 2 aromatic heterocycles. The average Bonchev–Trinajstić information content (AvgIpc) is 2.36. The molecule has 0 spiro atoms. The number of nitrogens with one attached hydrogen (secondary N) is 2. The molecule has 0 radical (unpaired) electrons. The summed E-state index contributed by atoms with van der Waals surface area (Å²) in [5, 5.41) is 0. The van der Waals surface area contributed by atoms with Gasteiger partial charge < -0.3 is 0 Å². The van der Waals surface area contributed by atoms with E-state index in [1.54, 1.807) is 12.1 Å². The number of pyridine rings is 1. The second-order valence-electron chi connectivity index (χ2n) is 4.24. The lowest BCUT2D eigenvalue weighted by Crippen LogP contribution is -2.30. The van der Waals surface area contributed by atoms with Gasteiger partial charge in [0.1, 0.15) is 0 Å². The Kier molecular flexibility index (Phi) is 3.70. The van der Waals surface area contributed by atoms with E-state index in [1.807, 2.05) is 26.8 Å². The predicted octanol–water partition coefficient (Wildman–Crippen LogP) is 1.55. The summed E-state index contributed by atoms with van der Waals surface area (Å²) in [6.45, 7) is 5.60. The standard InChI is InChI=1S/C13H15N5O/c1-8-4-5-11(7-14-8)12(19)17-18-13-15-9(2)6-10(3)16-13/h4-7H,1-3H3,(H,17,19)(H,15,16,18). The Bertz CT molecular complexity index is 574. The number of carbonyl (C=O) groups excluding carboxylic acids is 1. The van der Waals surface area contributed by atoms with Gasteiger partial charge in [0.15, 0.2) is 0 Å². The van der Waals surface area contributed by atoms with E-state index in [1.165, 1.54) is 6.20 Å². The molecule has 0 aromatic carbocycles. The van der Waals surface area contributed by atoms with Crippen molar-refractivity contribution in [3.05, 3.63) is 47.0 Å². The van der Waals surface area contributed by atoms with Gasteiger partial charge in [-0.1, -0.05) is 0 Å². The summed E-state index contributed by atoms with van der Waals surface area (Å²) in [4.78, 5) is 24.2. The number of hydrogen-bond acceptors (Lipinski definition) is 5. The zero-order valence-electron chi connectivity index (χ0n) is 11.1. The highest BCUT2D eigenvalue weighted by molar-refractivity contribution is 5.94. The molecule has 0 saturated heterocycles. The number of amides is 1. The minimum absolute atomic E-state index is 0.282. The first kappa shape index (κ1) is 12.9. The molecule has 2 aromatic rings. The molecule has 6 heteroatoms. The van der Waals surface area contributed by atoms with Crippen molar-refractivity contribution in [2.75, 3.05) is 5.43 Å². The summed E-state index contributed by atoms with van der Waals surface area (Å²) in [5.74, 6) is 0.0844. The fourth-order valence-corrected chi connectivity index (χ4v) is 1.57. The van der Waals surface area contributed by atoms with Crippen LogP contribution in [0.3, 0.4) is 0 Å². The van der Waals surface area contributed by atoms with Crippen LogP contribution in [0.4, 0.5) is 5.95 Å². The Hall–Kier alpha value is -2.50. The van der Waals surface area contributed by atoms with E-state index >= 15 is 0 Å². The SMILES string of the molecule is Cc1ccc(C(=O)NNc2nc(C)cc(C)n2)cn1. The van der Waals surface area contributed by atoms with Crippen LogP contribution in [0.2, 0.25) is 0 Å². The van der Waals surface area contributed by atoms with Crippen LogP contribution in [0.25, 0.3) is 0 Å². The van der Waals surface area contributed by atoms with E-state index in [-0.39, 0.29) is 5.91 Å². The van der Waals surface area contributed by atoms with Crippen molar-refractivity contribution in [1.82, 2.24) is 20.4 Å². The molecule has 2 N–H and O–H groups in total. The first-order chi connectivity index (χ1) is 9.04. The highest BCUT2D eigenvalue weighted by Crippen LogP contribution is 2.03. The van der Waals surface area contributed by atoms with Crippen LogP contribution >= 0.6 is 0 Å². The van der Waals surface area contributed by atoms with Crippen molar-refractivity contribution in [1.29, 1.82) is 0 Å². The molecule has 0 saturated carbocycles. The maximum atomic E-state index is 11.8. The Labute approximate surface area is 111 Å². The molecule has 2 rings (SSSR count). The smallest absolute Gasteiger partial charge is 0.267 e. The Balaban J connectivity index is 2.02. The highest BCUT2D eigenvalue weighted by Gasteiger charge is 2.06. The van der Waals surface area contributed by atoms with Gasteiger partial charge in [0.2, 0.25) is 5.95 Å². The Morgan fingerprint density at radius 2 is 1.74 bits per heavy atom. The summed E-state index contributed by atoms with van der Waals surface area (Å²) in [7, 11) is 0. The summed E-state index contributed by atoms with van der Waals surface area (Å²) < 4.78 is 0. The molecule has 0 atom stereocenters. The quantitative estimate of drug-likeness (QED) is 0.815. The zero-order chi connectivity index (χ0) is 13.8. The number of aromatic nitrogens is 3. The van der Waals surface area contributed by atoms with Gasteiger partial charge in [-0.25, -0.2) is 9.97 Å². The third kappa shape index (κ3) is 3.48. The van der Waals surface area contributed by atoms with Gasteiger partial charge in [0, 0.05) is 23.3 Å². The molecule has 2 heterocycles. The molecule has 0 bridgehead atoms. The minimum atomic E-state index is -0.282. The number of carbonyl (C=O) groups is 1. The van der Waals surface area contributed by atoms with Gasteiger partial charge in [0.25, 0.3) is 5.91 Å². The molecule has 0 aliphatic carbocycles. The second-order valence-corrected chi connectivity index (χ2v) is 4.24. The topological polar surface area (TPSA) is 79.8 Å². The third-order valence-electron chi connectivity index (χ3n) is 2.44. The number of hydrazine groups is 1. The van der Waals surface area contributed by atoms with Crippen LogP contribution in [0.5, 0.6) is 0 Å². The summed E-state index contributed by atoms with van der Waals surface area (Å²) >= 11 is 0. The zero-order valence-corrected chi connectivity index (χ0v) is 11.1. The maximum absolute atomic E-state index is 11.8. The van der Waals surface area contributed by atoms with Gasteiger partial charge in [-0.15, -0.1) is 0 Å². The molecular weight excluding hydrogens is 242 g/mol. The largest absolute Gasteiger partial charge is 0.271 e. The van der Waals surface area contributed by atoms with Crippen molar-refractivity contribution < 1.29 is 4.79 Å². The average molecular weight is 257 g/mol. The lowest BCUT2D eigenvalue weighted by Gasteiger charge is -2.08. The van der Waals surface area contributed by atoms with E-state index < -0.39 is 0 Å². The fraction of sp³-hybridized carbons (Fsp3) is 0.231. The summed E-state index contributed by atoms with van der Waals surface area (Å²) in [6.07, 6.45) is 1.52. The molecule has 19 heavy (non-hydrogen) atoms. The minimum Gasteiger partial charge on any atom is -0.267 e. The first-order valence-electron chi connectivity index (χ1n) is 5.86. The van der Waals surface area contributed by atoms with E-state index in [0.717, 1.165) is 17.1 Å². The van der Waals surface area contributed by atoms with Gasteiger partial charge in [-0.3, -0.25) is 20.6 Å². The Morgan fingerprint density at radius 3 is 2.32 bits per heavy atom. The molecule has 0 unspecified atom stereocenters. The Morgan fingerprint density at radius 1 is 1.05 bits per heavy atom. The third-order valence-corrected chi connectivity index (χ3v) is 2.44. The molecule has 98 valence electrons. The van der Waals surface area contributed by atoms with Gasteiger partial charge in [0.05, 0.1) is 5.56 Å². The van der Waals surface area contributed by atoms with Crippen LogP contribution < -0.4 is 10.9 Å². The fourth-order valence-electron chi connectivity index (χ4n) is 1.57. The van der Waals surface area contributed by atoms with E-state index in [2.05, 4.69) is 25.8 Å². The summed E-state index contributed by atoms with van der Waals surface area (Å²) in [5.41, 5.74) is 8.23. The van der Waals surface area contributed by atoms with Crippen LogP contribution in [-0.4, -0.2) is 20.9 Å². The number of hydrogen-bond donors (Lipinski definition) is 2. The molecule has 6 nitrogen and oxygen atoms in total. The van der Waals surface area contributed by atoms with Crippen molar-refractivity contribution in [3.8, 4) is 0 Å². The van der Waals surface area contributed by atoms with Crippen molar-refractivity contribution in [2.24, 2.45) is 0 Å². The molecule has 0 aliphatic heterocycles. The van der Waals surface area contributed by atoms with Gasteiger partial charge >= 0.3 is 0 Å². The van der Waals surface area contributed by atoms with Crippen LogP contribution in [-0.2, 0) is 0 Å². The van der Waals surface area contributed by atoms with Crippen LogP contribution in [0, 0.1) is 20.8 Å². The number of anilines is 1. The molecule has 0 fully saturated rings. The van der Waals surface area contributed by atoms with E-state index in [4.69, 9.17) is 0 Å². The molecule has 0 aliphatic rings. The normalized spacial score (nSPS) is 10.1. The predicted molar refractivity (Wildman–Crippen MR) is 71.6 cm³/mol. The van der Waals surface area contributed by atoms with Crippen molar-refractivity contribution in [2.45, 2.75) is 20.8 Å². The number of nitrogens with zero attached hydrogens (tertiary/aromatic N) is 3. The van der Waals surface area contributed by atoms with Crippen LogP contribution in [0.1, 0.15) is 27.4 Å². The van der Waals surface area contributed by atoms with Crippen LogP contribution in [0.15, 0.2) is 24.4 Å². The molecule has 1 amide bonds. The van der Waals surface area contributed by atoms with Crippen molar-refractivity contribution in [3.63, 3.8) is 0 Å². The van der Waals surface area contributed by atoms with Gasteiger partial charge in [-0.2, -0.15) is 0 Å². The number of rotatable bonds is 3. The van der Waals surface area contributed by atoms with E-state index in [9.17, 15) is 4.79 Å².